The summed E-state index contributed by atoms with van der Waals surface area (Å²) in [7, 11) is 0. The van der Waals surface area contributed by atoms with E-state index in [0.717, 1.165) is 48.2 Å². The van der Waals surface area contributed by atoms with E-state index in [2.05, 4.69) is 62.7 Å². The molecule has 9 heteroatoms. The van der Waals surface area contributed by atoms with Crippen molar-refractivity contribution in [3.63, 3.8) is 0 Å². The minimum atomic E-state index is 0.770. The van der Waals surface area contributed by atoms with Crippen LogP contribution in [-0.4, -0.2) is 28.2 Å². The predicted octanol–water partition coefficient (Wildman–Crippen LogP) is 3.84. The maximum Gasteiger partial charge on any atom is 0.225 e. The van der Waals surface area contributed by atoms with Gasteiger partial charge in [0.05, 0.1) is 17.1 Å². The SMILES string of the molecule is Cc1nc2n(c1Br)c1nc(C)c(Br)n1c1nc(C)c(Br)n21. The van der Waals surface area contributed by atoms with Crippen LogP contribution in [0.1, 0.15) is 17.1 Å². The van der Waals surface area contributed by atoms with E-state index in [1.807, 2.05) is 34.0 Å². The molecule has 0 bridgehead atoms. The van der Waals surface area contributed by atoms with Crippen LogP contribution in [0.4, 0.5) is 0 Å². The Balaban J connectivity index is 2.49. The topological polar surface area (TPSA) is 51.9 Å². The fourth-order valence-corrected chi connectivity index (χ4v) is 3.69. The highest BCUT2D eigenvalue weighted by Crippen LogP contribution is 2.29. The molecule has 0 aliphatic heterocycles. The molecular weight excluding hydrogens is 468 g/mol. The zero-order chi connectivity index (χ0) is 15.0. The van der Waals surface area contributed by atoms with E-state index >= 15 is 0 Å². The van der Waals surface area contributed by atoms with Crippen molar-refractivity contribution in [3.05, 3.63) is 30.9 Å². The second-order valence-corrected chi connectivity index (χ2v) is 7.12. The van der Waals surface area contributed by atoms with Gasteiger partial charge in [-0.2, -0.15) is 0 Å². The number of rotatable bonds is 0. The summed E-state index contributed by atoms with van der Waals surface area (Å²) in [5.41, 5.74) is 2.71. The van der Waals surface area contributed by atoms with E-state index < -0.39 is 0 Å². The number of halogens is 3. The summed E-state index contributed by atoms with van der Waals surface area (Å²) in [5, 5.41) is 0. The molecule has 0 amide bonds. The Morgan fingerprint density at radius 1 is 0.571 bits per heavy atom. The Bertz CT molecular complexity index is 890. The maximum atomic E-state index is 4.64. The molecular formula is C12H9Br3N6. The van der Waals surface area contributed by atoms with E-state index in [1.165, 1.54) is 0 Å². The van der Waals surface area contributed by atoms with Crippen LogP contribution in [0.2, 0.25) is 0 Å². The molecule has 0 atom stereocenters. The predicted molar refractivity (Wildman–Crippen MR) is 90.0 cm³/mol. The molecule has 0 fully saturated rings. The Morgan fingerprint density at radius 2 is 0.810 bits per heavy atom. The van der Waals surface area contributed by atoms with E-state index in [9.17, 15) is 0 Å². The lowest BCUT2D eigenvalue weighted by atomic mass is 10.6. The Hall–Kier alpha value is -0.930. The van der Waals surface area contributed by atoms with Crippen LogP contribution in [0.5, 0.6) is 0 Å². The lowest BCUT2D eigenvalue weighted by Gasteiger charge is -2.05. The van der Waals surface area contributed by atoms with Crippen molar-refractivity contribution in [1.82, 2.24) is 28.2 Å². The first kappa shape index (κ1) is 13.7. The number of aromatic nitrogens is 6. The molecule has 0 spiro atoms. The van der Waals surface area contributed by atoms with Gasteiger partial charge in [-0.3, -0.25) is 0 Å². The summed E-state index contributed by atoms with van der Waals surface area (Å²) in [6.07, 6.45) is 0. The lowest BCUT2D eigenvalue weighted by Crippen LogP contribution is -2.04. The highest BCUT2D eigenvalue weighted by atomic mass is 79.9. The average Bonchev–Trinajstić information content (AvgIpc) is 2.99. The second kappa shape index (κ2) is 4.30. The zero-order valence-corrected chi connectivity index (χ0v) is 16.1. The minimum Gasteiger partial charge on any atom is -0.240 e. The van der Waals surface area contributed by atoms with Crippen molar-refractivity contribution in [3.8, 4) is 0 Å². The molecule has 21 heavy (non-hydrogen) atoms. The smallest absolute Gasteiger partial charge is 0.225 e. The Kier molecular flexibility index (Phi) is 2.81. The monoisotopic (exact) mass is 474 g/mol. The molecule has 0 radical (unpaired) electrons. The fourth-order valence-electron chi connectivity index (χ4n) is 2.47. The zero-order valence-electron chi connectivity index (χ0n) is 11.3. The third kappa shape index (κ3) is 1.59. The van der Waals surface area contributed by atoms with Crippen molar-refractivity contribution in [1.29, 1.82) is 0 Å². The first-order chi connectivity index (χ1) is 9.91. The van der Waals surface area contributed by atoms with Gasteiger partial charge in [-0.05, 0) is 68.6 Å². The summed E-state index contributed by atoms with van der Waals surface area (Å²) in [6.45, 7) is 5.88. The van der Waals surface area contributed by atoms with Crippen LogP contribution < -0.4 is 0 Å². The van der Waals surface area contributed by atoms with Gasteiger partial charge >= 0.3 is 0 Å². The van der Waals surface area contributed by atoms with Crippen LogP contribution in [0, 0.1) is 20.8 Å². The summed E-state index contributed by atoms with van der Waals surface area (Å²) < 4.78 is 8.60. The number of hydrogen-bond donors (Lipinski definition) is 0. The minimum absolute atomic E-state index is 0.770. The first-order valence-electron chi connectivity index (χ1n) is 6.17. The van der Waals surface area contributed by atoms with E-state index in [4.69, 9.17) is 0 Å². The van der Waals surface area contributed by atoms with Gasteiger partial charge < -0.3 is 0 Å². The third-order valence-electron chi connectivity index (χ3n) is 3.49. The van der Waals surface area contributed by atoms with Gasteiger partial charge in [-0.25, -0.2) is 28.2 Å². The molecule has 4 heterocycles. The maximum absolute atomic E-state index is 4.64. The number of aryl methyl sites for hydroxylation is 3. The molecule has 0 N–H and O–H groups in total. The normalized spacial score (nSPS) is 12.3. The van der Waals surface area contributed by atoms with Gasteiger partial charge in [0.15, 0.2) is 0 Å². The van der Waals surface area contributed by atoms with Crippen molar-refractivity contribution in [2.24, 2.45) is 0 Å². The summed E-state index contributed by atoms with van der Waals surface area (Å²) >= 11 is 10.8. The molecule has 0 saturated carbocycles. The molecule has 6 nitrogen and oxygen atoms in total. The van der Waals surface area contributed by atoms with Crippen molar-refractivity contribution in [2.75, 3.05) is 0 Å². The van der Waals surface area contributed by atoms with Crippen LogP contribution >= 0.6 is 47.8 Å². The van der Waals surface area contributed by atoms with Crippen LogP contribution in [-0.2, 0) is 0 Å². The van der Waals surface area contributed by atoms with Gasteiger partial charge in [0.25, 0.3) is 0 Å². The molecule has 0 aliphatic carbocycles. The largest absolute Gasteiger partial charge is 0.240 e. The molecule has 108 valence electrons. The molecule has 0 aliphatic rings. The van der Waals surface area contributed by atoms with E-state index in [0.29, 0.717) is 0 Å². The highest BCUT2D eigenvalue weighted by Gasteiger charge is 2.22. The van der Waals surface area contributed by atoms with Gasteiger partial charge in [0.2, 0.25) is 17.3 Å². The molecule has 0 aromatic carbocycles. The lowest BCUT2D eigenvalue weighted by molar-refractivity contribution is 0.954. The van der Waals surface area contributed by atoms with Crippen LogP contribution in [0.15, 0.2) is 13.8 Å². The summed E-state index contributed by atoms with van der Waals surface area (Å²) in [6, 6.07) is 0. The molecule has 4 rings (SSSR count). The van der Waals surface area contributed by atoms with Gasteiger partial charge in [-0.15, -0.1) is 0 Å². The highest BCUT2D eigenvalue weighted by molar-refractivity contribution is 9.11. The van der Waals surface area contributed by atoms with E-state index in [1.54, 1.807) is 0 Å². The third-order valence-corrected chi connectivity index (χ3v) is 6.27. The standard InChI is InChI=1S/C12H9Br3N6/c1-4-7(13)19-10(16-4)20-8(14)5(2)18-12(20)21-9(15)6(3)17-11(19)21/h1-3H3. The van der Waals surface area contributed by atoms with Crippen molar-refractivity contribution < 1.29 is 0 Å². The Labute approximate surface area is 144 Å². The van der Waals surface area contributed by atoms with Crippen molar-refractivity contribution >= 4 is 65.1 Å². The van der Waals surface area contributed by atoms with Gasteiger partial charge in [-0.1, -0.05) is 0 Å². The van der Waals surface area contributed by atoms with Gasteiger partial charge in [0, 0.05) is 0 Å². The summed E-state index contributed by atoms with van der Waals surface area (Å²) in [5.74, 6) is 2.31. The Morgan fingerprint density at radius 3 is 1.05 bits per heavy atom. The number of fused-ring (bicyclic) bond motifs is 6. The number of nitrogens with zero attached hydrogens (tertiary/aromatic N) is 6. The van der Waals surface area contributed by atoms with E-state index in [-0.39, 0.29) is 0 Å². The first-order valence-corrected chi connectivity index (χ1v) is 8.55. The number of imidazole rings is 3. The quantitative estimate of drug-likeness (QED) is 0.387. The van der Waals surface area contributed by atoms with Crippen LogP contribution in [0.3, 0.4) is 0 Å². The van der Waals surface area contributed by atoms with Gasteiger partial charge in [0.1, 0.15) is 13.8 Å². The fraction of sp³-hybridized carbons (Fsp3) is 0.250. The average molecular weight is 477 g/mol. The van der Waals surface area contributed by atoms with Crippen LogP contribution in [0.25, 0.3) is 17.3 Å². The molecule has 4 aromatic heterocycles. The molecule has 0 unspecified atom stereocenters. The molecule has 0 saturated heterocycles. The van der Waals surface area contributed by atoms with Crippen molar-refractivity contribution in [2.45, 2.75) is 20.8 Å². The number of hydrogen-bond acceptors (Lipinski definition) is 3. The molecule has 4 aromatic rings. The second-order valence-electron chi connectivity index (χ2n) is 4.87. The summed E-state index contributed by atoms with van der Waals surface area (Å²) in [4.78, 5) is 13.9.